The van der Waals surface area contributed by atoms with Gasteiger partial charge in [-0.15, -0.1) is 0 Å². The van der Waals surface area contributed by atoms with Crippen molar-refractivity contribution in [1.82, 2.24) is 4.90 Å². The monoisotopic (exact) mass is 236 g/mol. The molecule has 0 spiro atoms. The van der Waals surface area contributed by atoms with Crippen LogP contribution in [0.2, 0.25) is 0 Å². The largest absolute Gasteiger partial charge is 0.492 e. The van der Waals surface area contributed by atoms with Crippen LogP contribution in [-0.4, -0.2) is 44.4 Å². The van der Waals surface area contributed by atoms with Crippen molar-refractivity contribution in [3.8, 4) is 5.75 Å². The van der Waals surface area contributed by atoms with Crippen LogP contribution in [0.3, 0.4) is 0 Å². The molecule has 1 fully saturated rings. The van der Waals surface area contributed by atoms with Crippen molar-refractivity contribution in [2.24, 2.45) is 0 Å². The molecule has 94 valence electrons. The fourth-order valence-corrected chi connectivity index (χ4v) is 1.83. The zero-order valence-corrected chi connectivity index (χ0v) is 10.3. The van der Waals surface area contributed by atoms with Crippen LogP contribution in [0.25, 0.3) is 0 Å². The zero-order valence-electron chi connectivity index (χ0n) is 10.3. The van der Waals surface area contributed by atoms with E-state index in [0.29, 0.717) is 6.61 Å². The maximum Gasteiger partial charge on any atom is 0.121 e. The maximum atomic E-state index is 5.83. The molecular weight excluding hydrogens is 216 g/mol. The van der Waals surface area contributed by atoms with E-state index in [4.69, 9.17) is 15.2 Å². The second-order valence-corrected chi connectivity index (χ2v) is 4.32. The van der Waals surface area contributed by atoms with Gasteiger partial charge in [-0.3, -0.25) is 4.90 Å². The molecule has 0 bridgehead atoms. The minimum Gasteiger partial charge on any atom is -0.492 e. The number of hydrogen-bond acceptors (Lipinski definition) is 4. The molecule has 1 heterocycles. The molecule has 0 aliphatic carbocycles. The highest BCUT2D eigenvalue weighted by atomic mass is 16.5. The molecule has 1 aliphatic heterocycles. The molecule has 4 heteroatoms. The van der Waals surface area contributed by atoms with Crippen molar-refractivity contribution in [3.63, 3.8) is 0 Å². The minimum atomic E-state index is 0.697. The van der Waals surface area contributed by atoms with E-state index in [-0.39, 0.29) is 0 Å². The summed E-state index contributed by atoms with van der Waals surface area (Å²) in [6.45, 7) is 7.29. The second-order valence-electron chi connectivity index (χ2n) is 4.32. The van der Waals surface area contributed by atoms with Gasteiger partial charge < -0.3 is 15.2 Å². The van der Waals surface area contributed by atoms with Gasteiger partial charge >= 0.3 is 0 Å². The summed E-state index contributed by atoms with van der Waals surface area (Å²) in [7, 11) is 0. The van der Waals surface area contributed by atoms with Gasteiger partial charge in [-0.1, -0.05) is 6.07 Å². The summed E-state index contributed by atoms with van der Waals surface area (Å²) >= 11 is 0. The highest BCUT2D eigenvalue weighted by Crippen LogP contribution is 2.18. The van der Waals surface area contributed by atoms with Crippen molar-refractivity contribution in [1.29, 1.82) is 0 Å². The van der Waals surface area contributed by atoms with Crippen molar-refractivity contribution < 1.29 is 9.47 Å². The lowest BCUT2D eigenvalue weighted by Gasteiger charge is -2.26. The molecule has 0 unspecified atom stereocenters. The number of anilines is 1. The van der Waals surface area contributed by atoms with E-state index in [1.807, 2.05) is 25.1 Å². The molecule has 0 amide bonds. The smallest absolute Gasteiger partial charge is 0.121 e. The Bertz CT molecular complexity index is 362. The summed E-state index contributed by atoms with van der Waals surface area (Å²) in [5, 5.41) is 0. The number of nitrogen functional groups attached to an aromatic ring is 1. The van der Waals surface area contributed by atoms with Crippen LogP contribution in [0.15, 0.2) is 18.2 Å². The van der Waals surface area contributed by atoms with Gasteiger partial charge in [-0.2, -0.15) is 0 Å². The fraction of sp³-hybridized carbons (Fsp3) is 0.538. The lowest BCUT2D eigenvalue weighted by atomic mass is 10.2. The topological polar surface area (TPSA) is 47.7 Å². The van der Waals surface area contributed by atoms with E-state index in [1.165, 1.54) is 0 Å². The van der Waals surface area contributed by atoms with Gasteiger partial charge in [-0.25, -0.2) is 0 Å². The Kier molecular flexibility index (Phi) is 4.23. The Morgan fingerprint density at radius 3 is 2.82 bits per heavy atom. The third-order valence-electron chi connectivity index (χ3n) is 3.03. The first-order valence-corrected chi connectivity index (χ1v) is 6.05. The predicted octanol–water partition coefficient (Wildman–Crippen LogP) is 1.29. The number of morpholine rings is 1. The summed E-state index contributed by atoms with van der Waals surface area (Å²) in [6.07, 6.45) is 0. The van der Waals surface area contributed by atoms with E-state index in [1.54, 1.807) is 0 Å². The van der Waals surface area contributed by atoms with E-state index in [2.05, 4.69) is 4.90 Å². The Labute approximate surface area is 102 Å². The molecule has 1 saturated heterocycles. The van der Waals surface area contributed by atoms with Crippen LogP contribution >= 0.6 is 0 Å². The first-order valence-electron chi connectivity index (χ1n) is 6.05. The van der Waals surface area contributed by atoms with Crippen molar-refractivity contribution in [2.45, 2.75) is 6.92 Å². The molecule has 4 nitrogen and oxygen atoms in total. The van der Waals surface area contributed by atoms with E-state index in [0.717, 1.165) is 49.8 Å². The van der Waals surface area contributed by atoms with Gasteiger partial charge in [0.15, 0.2) is 0 Å². The predicted molar refractivity (Wildman–Crippen MR) is 68.3 cm³/mol. The third kappa shape index (κ3) is 3.61. The summed E-state index contributed by atoms with van der Waals surface area (Å²) < 4.78 is 11.0. The minimum absolute atomic E-state index is 0.697. The number of rotatable bonds is 4. The van der Waals surface area contributed by atoms with Gasteiger partial charge in [0.2, 0.25) is 0 Å². The first-order chi connectivity index (χ1) is 8.25. The number of hydrogen-bond donors (Lipinski definition) is 1. The van der Waals surface area contributed by atoms with Gasteiger partial charge in [0, 0.05) is 31.4 Å². The summed E-state index contributed by atoms with van der Waals surface area (Å²) in [6, 6.07) is 5.83. The van der Waals surface area contributed by atoms with Gasteiger partial charge in [0.1, 0.15) is 12.4 Å². The molecule has 1 aromatic rings. The van der Waals surface area contributed by atoms with Crippen molar-refractivity contribution >= 4 is 5.69 Å². The van der Waals surface area contributed by atoms with Crippen LogP contribution in [0.5, 0.6) is 5.75 Å². The first kappa shape index (κ1) is 12.2. The number of aryl methyl sites for hydroxylation is 1. The molecule has 1 aliphatic rings. The maximum absolute atomic E-state index is 5.83. The van der Waals surface area contributed by atoms with Crippen LogP contribution < -0.4 is 10.5 Å². The number of nitrogens with two attached hydrogens (primary N) is 1. The van der Waals surface area contributed by atoms with Crippen molar-refractivity contribution in [2.75, 3.05) is 45.2 Å². The Balaban J connectivity index is 1.75. The standard InChI is InChI=1S/C13H20N2O2/c1-11-2-3-12(10-13(11)14)17-9-6-15-4-7-16-8-5-15/h2-3,10H,4-9,14H2,1H3. The lowest BCUT2D eigenvalue weighted by molar-refractivity contribution is 0.0322. The SMILES string of the molecule is Cc1ccc(OCCN2CCOCC2)cc1N. The van der Waals surface area contributed by atoms with Gasteiger partial charge in [0.25, 0.3) is 0 Å². The molecule has 0 atom stereocenters. The Morgan fingerprint density at radius 1 is 1.35 bits per heavy atom. The van der Waals surface area contributed by atoms with Crippen LogP contribution in [0.1, 0.15) is 5.56 Å². The molecule has 0 saturated carbocycles. The highest BCUT2D eigenvalue weighted by Gasteiger charge is 2.09. The molecule has 17 heavy (non-hydrogen) atoms. The average Bonchev–Trinajstić information content (AvgIpc) is 2.35. The number of ether oxygens (including phenoxy) is 2. The van der Waals surface area contributed by atoms with E-state index < -0.39 is 0 Å². The number of nitrogens with zero attached hydrogens (tertiary/aromatic N) is 1. The molecule has 0 aromatic heterocycles. The third-order valence-corrected chi connectivity index (χ3v) is 3.03. The van der Waals surface area contributed by atoms with Gasteiger partial charge in [0.05, 0.1) is 13.2 Å². The van der Waals surface area contributed by atoms with Crippen LogP contribution in [0, 0.1) is 6.92 Å². The highest BCUT2D eigenvalue weighted by molar-refractivity contribution is 5.50. The summed E-state index contributed by atoms with van der Waals surface area (Å²) in [5.74, 6) is 0.848. The number of benzene rings is 1. The van der Waals surface area contributed by atoms with E-state index in [9.17, 15) is 0 Å². The summed E-state index contributed by atoms with van der Waals surface area (Å²) in [4.78, 5) is 2.35. The fourth-order valence-electron chi connectivity index (χ4n) is 1.83. The lowest BCUT2D eigenvalue weighted by Crippen LogP contribution is -2.38. The normalized spacial score (nSPS) is 17.0. The van der Waals surface area contributed by atoms with E-state index >= 15 is 0 Å². The summed E-state index contributed by atoms with van der Waals surface area (Å²) in [5.41, 5.74) is 7.70. The van der Waals surface area contributed by atoms with Crippen molar-refractivity contribution in [3.05, 3.63) is 23.8 Å². The molecular formula is C13H20N2O2. The quantitative estimate of drug-likeness (QED) is 0.800. The van der Waals surface area contributed by atoms with Crippen LogP contribution in [-0.2, 0) is 4.74 Å². The zero-order chi connectivity index (χ0) is 12.1. The molecule has 0 radical (unpaired) electrons. The second kappa shape index (κ2) is 5.89. The molecule has 2 N–H and O–H groups in total. The molecule has 1 aromatic carbocycles. The average molecular weight is 236 g/mol. The Morgan fingerprint density at radius 2 is 2.12 bits per heavy atom. The molecule has 2 rings (SSSR count). The van der Waals surface area contributed by atoms with Gasteiger partial charge in [-0.05, 0) is 18.6 Å². The van der Waals surface area contributed by atoms with Crippen LogP contribution in [0.4, 0.5) is 5.69 Å². The Hall–Kier alpha value is -1.26.